The van der Waals surface area contributed by atoms with E-state index in [0.29, 0.717) is 0 Å². The summed E-state index contributed by atoms with van der Waals surface area (Å²) in [5, 5.41) is 3.60. The molecule has 3 N–H and O–H groups in total. The first kappa shape index (κ1) is 16.6. The van der Waals surface area contributed by atoms with Crippen LogP contribution in [-0.2, 0) is 4.79 Å². The van der Waals surface area contributed by atoms with E-state index in [1.807, 2.05) is 18.2 Å². The lowest BCUT2D eigenvalue weighted by Crippen LogP contribution is -2.52. The zero-order valence-electron chi connectivity index (χ0n) is 15.3. The second-order valence-electron chi connectivity index (χ2n) is 8.10. The van der Waals surface area contributed by atoms with E-state index in [9.17, 15) is 4.79 Å². The molecule has 25 heavy (non-hydrogen) atoms. The summed E-state index contributed by atoms with van der Waals surface area (Å²) in [4.78, 5) is 13.4. The monoisotopic (exact) mass is 341 g/mol. The molecular formula is C20H27N3O2. The zero-order chi connectivity index (χ0) is 17.8. The summed E-state index contributed by atoms with van der Waals surface area (Å²) in [5.74, 6) is 1.40. The van der Waals surface area contributed by atoms with Gasteiger partial charge in [-0.15, -0.1) is 0 Å². The van der Waals surface area contributed by atoms with Crippen molar-refractivity contribution < 1.29 is 9.53 Å². The van der Waals surface area contributed by atoms with E-state index in [1.165, 1.54) is 0 Å². The van der Waals surface area contributed by atoms with Crippen LogP contribution < -0.4 is 20.9 Å². The molecule has 0 radical (unpaired) electrons. The molecule has 5 heteroatoms. The standard InChI is InChI=1S/C20H27N3O2/c1-11-15-16(12-7-5-6-8-14(12)25-4)17-13(21-19(15)23-22-11)9-10-20(2,3)18(17)24/h5-8,11,15-16,19,21-23H,9-10H2,1-4H3. The number of allylic oxidation sites excluding steroid dienone is 2. The summed E-state index contributed by atoms with van der Waals surface area (Å²) < 4.78 is 5.65. The van der Waals surface area contributed by atoms with Gasteiger partial charge < -0.3 is 10.1 Å². The molecule has 4 unspecified atom stereocenters. The lowest BCUT2D eigenvalue weighted by molar-refractivity contribution is -0.125. The van der Waals surface area contributed by atoms with Crippen LogP contribution in [0.3, 0.4) is 0 Å². The normalized spacial score (nSPS) is 33.5. The molecule has 134 valence electrons. The van der Waals surface area contributed by atoms with Crippen LogP contribution in [0.5, 0.6) is 5.75 Å². The number of ketones is 1. The Kier molecular flexibility index (Phi) is 3.89. The van der Waals surface area contributed by atoms with Gasteiger partial charge in [0.05, 0.1) is 13.3 Å². The number of fused-ring (bicyclic) bond motifs is 1. The summed E-state index contributed by atoms with van der Waals surface area (Å²) in [5.41, 5.74) is 9.58. The molecule has 1 fully saturated rings. The quantitative estimate of drug-likeness (QED) is 0.771. The Labute approximate surface area is 149 Å². The van der Waals surface area contributed by atoms with E-state index >= 15 is 0 Å². The third-order valence-corrected chi connectivity index (χ3v) is 6.11. The van der Waals surface area contributed by atoms with E-state index in [4.69, 9.17) is 4.74 Å². The summed E-state index contributed by atoms with van der Waals surface area (Å²) in [7, 11) is 1.70. The van der Waals surface area contributed by atoms with Crippen molar-refractivity contribution in [3.8, 4) is 5.75 Å². The van der Waals surface area contributed by atoms with Gasteiger partial charge in [-0.2, -0.15) is 0 Å². The maximum absolute atomic E-state index is 13.4. The third kappa shape index (κ3) is 2.49. The summed E-state index contributed by atoms with van der Waals surface area (Å²) in [6.07, 6.45) is 1.92. The number of methoxy groups -OCH3 is 1. The third-order valence-electron chi connectivity index (χ3n) is 6.11. The van der Waals surface area contributed by atoms with Gasteiger partial charge in [-0.25, -0.2) is 5.43 Å². The molecule has 1 aromatic carbocycles. The number of para-hydroxylation sites is 1. The molecule has 4 rings (SSSR count). The van der Waals surface area contributed by atoms with Crippen molar-refractivity contribution in [2.24, 2.45) is 11.3 Å². The highest BCUT2D eigenvalue weighted by Gasteiger charge is 2.51. The first-order chi connectivity index (χ1) is 11.9. The zero-order valence-corrected chi connectivity index (χ0v) is 15.3. The second kappa shape index (κ2) is 5.85. The maximum Gasteiger partial charge on any atom is 0.166 e. The van der Waals surface area contributed by atoms with Gasteiger partial charge in [0.2, 0.25) is 0 Å². The van der Waals surface area contributed by atoms with Crippen molar-refractivity contribution in [1.29, 1.82) is 0 Å². The van der Waals surface area contributed by atoms with Crippen molar-refractivity contribution in [1.82, 2.24) is 16.2 Å². The van der Waals surface area contributed by atoms with Crippen molar-refractivity contribution in [2.45, 2.75) is 51.7 Å². The van der Waals surface area contributed by atoms with Gasteiger partial charge in [-0.3, -0.25) is 10.2 Å². The molecule has 2 heterocycles. The molecule has 1 aromatic rings. The van der Waals surface area contributed by atoms with Crippen LogP contribution >= 0.6 is 0 Å². The van der Waals surface area contributed by atoms with Crippen LogP contribution in [0, 0.1) is 11.3 Å². The maximum atomic E-state index is 13.4. The molecule has 5 nitrogen and oxygen atoms in total. The molecular weight excluding hydrogens is 314 g/mol. The molecule has 1 saturated heterocycles. The predicted molar refractivity (Wildman–Crippen MR) is 96.9 cm³/mol. The number of hydrazine groups is 1. The SMILES string of the molecule is COc1ccccc1C1C2=C(CCC(C)(C)C2=O)NC2NNC(C)C21. The molecule has 0 bridgehead atoms. The van der Waals surface area contributed by atoms with Crippen LogP contribution in [0.15, 0.2) is 35.5 Å². The Balaban J connectivity index is 1.91. The van der Waals surface area contributed by atoms with E-state index in [0.717, 1.165) is 35.4 Å². The van der Waals surface area contributed by atoms with Crippen LogP contribution in [-0.4, -0.2) is 25.1 Å². The van der Waals surface area contributed by atoms with Crippen molar-refractivity contribution >= 4 is 5.78 Å². The summed E-state index contributed by atoms with van der Waals surface area (Å²) >= 11 is 0. The average Bonchev–Trinajstić information content (AvgIpc) is 2.98. The van der Waals surface area contributed by atoms with Crippen LogP contribution in [0.2, 0.25) is 0 Å². The molecule has 0 saturated carbocycles. The number of hydrogen-bond acceptors (Lipinski definition) is 5. The van der Waals surface area contributed by atoms with Gasteiger partial charge in [-0.05, 0) is 25.8 Å². The highest BCUT2D eigenvalue weighted by molar-refractivity contribution is 6.02. The minimum atomic E-state index is -0.309. The Bertz CT molecular complexity index is 740. The Hall–Kier alpha value is -1.85. The molecule has 4 atom stereocenters. The topological polar surface area (TPSA) is 62.4 Å². The first-order valence-electron chi connectivity index (χ1n) is 9.12. The van der Waals surface area contributed by atoms with Gasteiger partial charge in [0.1, 0.15) is 5.75 Å². The van der Waals surface area contributed by atoms with Gasteiger partial charge in [0.25, 0.3) is 0 Å². The summed E-state index contributed by atoms with van der Waals surface area (Å²) in [6, 6.07) is 8.37. The number of nitrogens with one attached hydrogen (secondary N) is 3. The van der Waals surface area contributed by atoms with Crippen molar-refractivity contribution in [2.75, 3.05) is 7.11 Å². The van der Waals surface area contributed by atoms with E-state index in [-0.39, 0.29) is 35.2 Å². The molecule has 2 aliphatic heterocycles. The molecule has 0 amide bonds. The fraction of sp³-hybridized carbons (Fsp3) is 0.550. The first-order valence-corrected chi connectivity index (χ1v) is 9.12. The Morgan fingerprint density at radius 2 is 1.96 bits per heavy atom. The van der Waals surface area contributed by atoms with Crippen molar-refractivity contribution in [3.05, 3.63) is 41.1 Å². The number of carbonyl (C=O) groups is 1. The lowest BCUT2D eigenvalue weighted by Gasteiger charge is -2.44. The van der Waals surface area contributed by atoms with Gasteiger partial charge in [0, 0.05) is 40.1 Å². The Morgan fingerprint density at radius 3 is 2.72 bits per heavy atom. The van der Waals surface area contributed by atoms with Crippen LogP contribution in [0.4, 0.5) is 0 Å². The fourth-order valence-corrected chi connectivity index (χ4v) is 4.65. The lowest BCUT2D eigenvalue weighted by atomic mass is 9.64. The number of ether oxygens (including phenoxy) is 1. The highest BCUT2D eigenvalue weighted by atomic mass is 16.5. The molecule has 0 aromatic heterocycles. The van der Waals surface area contributed by atoms with Gasteiger partial charge >= 0.3 is 0 Å². The number of Topliss-reactive ketones (excluding diaryl/α,β-unsaturated/α-hetero) is 1. The average molecular weight is 341 g/mol. The number of benzene rings is 1. The fourth-order valence-electron chi connectivity index (χ4n) is 4.65. The number of rotatable bonds is 2. The molecule has 1 aliphatic carbocycles. The minimum absolute atomic E-state index is 0.0296. The number of carbonyl (C=O) groups excluding carboxylic acids is 1. The van der Waals surface area contributed by atoms with E-state index in [2.05, 4.69) is 43.0 Å². The molecule has 3 aliphatic rings. The highest BCUT2D eigenvalue weighted by Crippen LogP contribution is 2.50. The predicted octanol–water partition coefficient (Wildman–Crippen LogP) is 2.46. The van der Waals surface area contributed by atoms with E-state index in [1.54, 1.807) is 7.11 Å². The molecule has 0 spiro atoms. The number of hydrogen-bond donors (Lipinski definition) is 3. The smallest absolute Gasteiger partial charge is 0.166 e. The van der Waals surface area contributed by atoms with Crippen LogP contribution in [0.25, 0.3) is 0 Å². The minimum Gasteiger partial charge on any atom is -0.496 e. The van der Waals surface area contributed by atoms with Gasteiger partial charge in [0.15, 0.2) is 5.78 Å². The van der Waals surface area contributed by atoms with E-state index < -0.39 is 0 Å². The van der Waals surface area contributed by atoms with Crippen molar-refractivity contribution in [3.63, 3.8) is 0 Å². The van der Waals surface area contributed by atoms with Gasteiger partial charge in [-0.1, -0.05) is 32.0 Å². The largest absolute Gasteiger partial charge is 0.496 e. The Morgan fingerprint density at radius 1 is 1.20 bits per heavy atom. The van der Waals surface area contributed by atoms with Crippen LogP contribution in [0.1, 0.15) is 45.1 Å². The summed E-state index contributed by atoms with van der Waals surface area (Å²) in [6.45, 7) is 6.31. The second-order valence-corrected chi connectivity index (χ2v) is 8.10.